The fraction of sp³-hybridized carbons (Fsp3) is 0.917. The van der Waals surface area contributed by atoms with Crippen LogP contribution in [0, 0.1) is 23.2 Å². The molecule has 2 nitrogen and oxygen atoms in total. The summed E-state index contributed by atoms with van der Waals surface area (Å²) in [5, 5.41) is 8.85. The van der Waals surface area contributed by atoms with Gasteiger partial charge in [-0.25, -0.2) is 0 Å². The van der Waals surface area contributed by atoms with E-state index in [2.05, 4.69) is 17.9 Å². The second-order valence-corrected chi connectivity index (χ2v) is 5.02. The van der Waals surface area contributed by atoms with E-state index in [0.717, 1.165) is 31.5 Å². The molecule has 2 aliphatic rings. The van der Waals surface area contributed by atoms with Gasteiger partial charge in [0.25, 0.3) is 0 Å². The van der Waals surface area contributed by atoms with Crippen molar-refractivity contribution in [2.24, 2.45) is 11.8 Å². The predicted molar refractivity (Wildman–Crippen MR) is 56.7 cm³/mol. The third-order valence-corrected chi connectivity index (χ3v) is 3.90. The molecular formula is C12H20N2. The zero-order chi connectivity index (χ0) is 9.97. The first-order valence-corrected chi connectivity index (χ1v) is 5.93. The number of hydrogen-bond donors (Lipinski definition) is 0. The molecule has 1 saturated heterocycles. The normalized spacial score (nSPS) is 39.6. The summed E-state index contributed by atoms with van der Waals surface area (Å²) in [6, 6.07) is 3.20. The van der Waals surface area contributed by atoms with Crippen LogP contribution < -0.4 is 0 Å². The maximum Gasteiger partial charge on any atom is 0.0669 e. The molecule has 0 spiro atoms. The van der Waals surface area contributed by atoms with Crippen LogP contribution in [0.25, 0.3) is 0 Å². The molecule has 0 radical (unpaired) electrons. The lowest BCUT2D eigenvalue weighted by Gasteiger charge is -2.33. The van der Waals surface area contributed by atoms with Gasteiger partial charge in [-0.3, -0.25) is 4.90 Å². The summed E-state index contributed by atoms with van der Waals surface area (Å²) in [6.07, 6.45) is 6.60. The molecule has 1 aliphatic heterocycles. The number of nitrogens with zero attached hydrogens (tertiary/aromatic N) is 2. The lowest BCUT2D eigenvalue weighted by Crippen LogP contribution is -2.36. The van der Waals surface area contributed by atoms with Crippen LogP contribution in [-0.4, -0.2) is 24.0 Å². The van der Waals surface area contributed by atoms with E-state index in [1.54, 1.807) is 0 Å². The van der Waals surface area contributed by atoms with Gasteiger partial charge >= 0.3 is 0 Å². The Hall–Kier alpha value is -0.550. The third kappa shape index (κ3) is 2.09. The third-order valence-electron chi connectivity index (χ3n) is 3.90. The summed E-state index contributed by atoms with van der Waals surface area (Å²) < 4.78 is 0. The summed E-state index contributed by atoms with van der Waals surface area (Å²) in [4.78, 5) is 2.56. The zero-order valence-corrected chi connectivity index (χ0v) is 9.08. The lowest BCUT2D eigenvalue weighted by atomic mass is 9.87. The molecule has 1 atom stereocenters. The summed E-state index contributed by atoms with van der Waals surface area (Å²) in [7, 11) is 0. The van der Waals surface area contributed by atoms with E-state index in [1.807, 2.05) is 0 Å². The maximum atomic E-state index is 8.85. The quantitative estimate of drug-likeness (QED) is 0.638. The molecule has 0 aromatic rings. The monoisotopic (exact) mass is 192 g/mol. The van der Waals surface area contributed by atoms with Gasteiger partial charge in [0.15, 0.2) is 0 Å². The molecule has 1 saturated carbocycles. The van der Waals surface area contributed by atoms with Crippen LogP contribution in [0.2, 0.25) is 0 Å². The van der Waals surface area contributed by atoms with E-state index in [4.69, 9.17) is 5.26 Å². The summed E-state index contributed by atoms with van der Waals surface area (Å²) >= 11 is 0. The van der Waals surface area contributed by atoms with Crippen molar-refractivity contribution in [3.8, 4) is 6.07 Å². The molecule has 0 aromatic carbocycles. The lowest BCUT2D eigenvalue weighted by molar-refractivity contribution is 0.167. The van der Waals surface area contributed by atoms with Crippen molar-refractivity contribution in [2.45, 2.75) is 45.1 Å². The van der Waals surface area contributed by atoms with Gasteiger partial charge < -0.3 is 0 Å². The zero-order valence-electron chi connectivity index (χ0n) is 9.08. The molecule has 0 aromatic heterocycles. The number of nitriles is 1. The highest BCUT2D eigenvalue weighted by molar-refractivity contribution is 4.93. The molecule has 2 heteroatoms. The van der Waals surface area contributed by atoms with Crippen LogP contribution in [0.3, 0.4) is 0 Å². The van der Waals surface area contributed by atoms with Crippen molar-refractivity contribution < 1.29 is 0 Å². The van der Waals surface area contributed by atoms with Crippen molar-refractivity contribution >= 4 is 0 Å². The van der Waals surface area contributed by atoms with Gasteiger partial charge in [0, 0.05) is 12.6 Å². The first-order chi connectivity index (χ1) is 6.79. The minimum absolute atomic E-state index is 0.314. The van der Waals surface area contributed by atoms with Crippen molar-refractivity contribution in [3.63, 3.8) is 0 Å². The summed E-state index contributed by atoms with van der Waals surface area (Å²) in [6.45, 7) is 4.56. The minimum Gasteiger partial charge on any atom is -0.299 e. The van der Waals surface area contributed by atoms with Gasteiger partial charge in [-0.2, -0.15) is 5.26 Å². The fourth-order valence-electron chi connectivity index (χ4n) is 2.83. The Morgan fingerprint density at radius 2 is 1.86 bits per heavy atom. The Kier molecular flexibility index (Phi) is 3.08. The average Bonchev–Trinajstić information content (AvgIpc) is 2.67. The van der Waals surface area contributed by atoms with E-state index < -0.39 is 0 Å². The van der Waals surface area contributed by atoms with Crippen molar-refractivity contribution in [2.75, 3.05) is 13.1 Å². The summed E-state index contributed by atoms with van der Waals surface area (Å²) in [5.74, 6) is 1.25. The second kappa shape index (κ2) is 4.31. The molecule has 0 amide bonds. The van der Waals surface area contributed by atoms with Gasteiger partial charge in [-0.05, 0) is 44.6 Å². The first kappa shape index (κ1) is 9.98. The van der Waals surface area contributed by atoms with Crippen molar-refractivity contribution in [3.05, 3.63) is 0 Å². The molecular weight excluding hydrogens is 172 g/mol. The number of rotatable bonds is 1. The van der Waals surface area contributed by atoms with Gasteiger partial charge in [0.2, 0.25) is 0 Å². The van der Waals surface area contributed by atoms with E-state index in [9.17, 15) is 0 Å². The highest BCUT2D eigenvalue weighted by atomic mass is 15.2. The highest BCUT2D eigenvalue weighted by Gasteiger charge is 2.29. The SMILES string of the molecule is C[C@H]1CC[C@H](N2CC[C@@H](C#N)C2)CC1. The first-order valence-electron chi connectivity index (χ1n) is 5.93. The van der Waals surface area contributed by atoms with E-state index in [0.29, 0.717) is 5.92 Å². The Bertz CT molecular complexity index is 223. The van der Waals surface area contributed by atoms with Crippen molar-refractivity contribution in [1.29, 1.82) is 5.26 Å². The van der Waals surface area contributed by atoms with Crippen LogP contribution in [0.1, 0.15) is 39.0 Å². The Labute approximate surface area is 86.9 Å². The van der Waals surface area contributed by atoms with E-state index >= 15 is 0 Å². The molecule has 1 heterocycles. The molecule has 14 heavy (non-hydrogen) atoms. The molecule has 1 aliphatic carbocycles. The van der Waals surface area contributed by atoms with Crippen LogP contribution in [-0.2, 0) is 0 Å². The van der Waals surface area contributed by atoms with Crippen molar-refractivity contribution in [1.82, 2.24) is 4.90 Å². The Morgan fingerprint density at radius 1 is 1.14 bits per heavy atom. The van der Waals surface area contributed by atoms with Gasteiger partial charge in [0.05, 0.1) is 12.0 Å². The predicted octanol–water partition coefficient (Wildman–Crippen LogP) is 2.41. The number of likely N-dealkylation sites (tertiary alicyclic amines) is 1. The molecule has 2 fully saturated rings. The van der Waals surface area contributed by atoms with E-state index in [1.165, 1.54) is 25.7 Å². The molecule has 78 valence electrons. The van der Waals surface area contributed by atoms with Crippen LogP contribution in [0.5, 0.6) is 0 Å². The molecule has 0 bridgehead atoms. The molecule has 2 rings (SSSR count). The van der Waals surface area contributed by atoms with E-state index in [-0.39, 0.29) is 0 Å². The average molecular weight is 192 g/mol. The van der Waals surface area contributed by atoms with Gasteiger partial charge in [-0.15, -0.1) is 0 Å². The smallest absolute Gasteiger partial charge is 0.0669 e. The molecule has 0 unspecified atom stereocenters. The highest BCUT2D eigenvalue weighted by Crippen LogP contribution is 2.30. The van der Waals surface area contributed by atoms with Crippen LogP contribution in [0.4, 0.5) is 0 Å². The standard InChI is InChI=1S/C12H20N2/c1-10-2-4-12(5-3-10)14-7-6-11(8-13)9-14/h10-12H,2-7,9H2,1H3/t10-,11-,12-/m0/s1. The van der Waals surface area contributed by atoms with Crippen LogP contribution >= 0.6 is 0 Å². The minimum atomic E-state index is 0.314. The Balaban J connectivity index is 1.83. The van der Waals surface area contributed by atoms with Gasteiger partial charge in [-0.1, -0.05) is 6.92 Å². The maximum absolute atomic E-state index is 8.85. The largest absolute Gasteiger partial charge is 0.299 e. The second-order valence-electron chi connectivity index (χ2n) is 5.02. The topological polar surface area (TPSA) is 27.0 Å². The number of hydrogen-bond acceptors (Lipinski definition) is 2. The van der Waals surface area contributed by atoms with Gasteiger partial charge in [0.1, 0.15) is 0 Å². The Morgan fingerprint density at radius 3 is 2.43 bits per heavy atom. The fourth-order valence-corrected chi connectivity index (χ4v) is 2.83. The summed E-state index contributed by atoms with van der Waals surface area (Å²) in [5.41, 5.74) is 0. The van der Waals surface area contributed by atoms with Crippen LogP contribution in [0.15, 0.2) is 0 Å². The molecule has 0 N–H and O–H groups in total.